The van der Waals surface area contributed by atoms with Gasteiger partial charge in [0.05, 0.1) is 13.7 Å². The van der Waals surface area contributed by atoms with Crippen LogP contribution in [-0.4, -0.2) is 33.9 Å². The van der Waals surface area contributed by atoms with E-state index in [0.29, 0.717) is 17.1 Å². The maximum atomic E-state index is 12.9. The van der Waals surface area contributed by atoms with Crippen LogP contribution in [0.2, 0.25) is 0 Å². The van der Waals surface area contributed by atoms with Gasteiger partial charge in [0.1, 0.15) is 11.6 Å². The first-order chi connectivity index (χ1) is 13.0. The van der Waals surface area contributed by atoms with Crippen LogP contribution in [0.25, 0.3) is 11.4 Å². The molecular weight excluding hydrogens is 351 g/mol. The van der Waals surface area contributed by atoms with Crippen LogP contribution >= 0.6 is 0 Å². The summed E-state index contributed by atoms with van der Waals surface area (Å²) in [6.07, 6.45) is 0. The smallest absolute Gasteiger partial charge is 0.345 e. The Kier molecular flexibility index (Phi) is 5.35. The minimum atomic E-state index is -0.405. The Balaban J connectivity index is 1.68. The molecule has 0 spiro atoms. The number of halogens is 1. The number of benzene rings is 2. The van der Waals surface area contributed by atoms with Crippen molar-refractivity contribution >= 4 is 5.91 Å². The molecule has 0 atom stereocenters. The van der Waals surface area contributed by atoms with E-state index in [1.165, 1.54) is 33.5 Å². The van der Waals surface area contributed by atoms with Crippen LogP contribution in [-0.2, 0) is 13.6 Å². The fraction of sp³-hybridized carbons (Fsp3) is 0.211. The van der Waals surface area contributed by atoms with E-state index < -0.39 is 5.82 Å². The summed E-state index contributed by atoms with van der Waals surface area (Å²) in [6, 6.07) is 12.5. The molecule has 27 heavy (non-hydrogen) atoms. The summed E-state index contributed by atoms with van der Waals surface area (Å²) in [5.74, 6) is 0.492. The molecule has 0 fully saturated rings. The second-order valence-electron chi connectivity index (χ2n) is 5.88. The van der Waals surface area contributed by atoms with E-state index in [9.17, 15) is 14.0 Å². The summed E-state index contributed by atoms with van der Waals surface area (Å²) in [4.78, 5) is 24.4. The molecule has 3 aromatic rings. The van der Waals surface area contributed by atoms with Crippen LogP contribution in [0.4, 0.5) is 4.39 Å². The van der Waals surface area contributed by atoms with Crippen LogP contribution in [0.1, 0.15) is 10.4 Å². The molecule has 7 nitrogen and oxygen atoms in total. The Bertz CT molecular complexity index is 991. The molecule has 1 heterocycles. The first-order valence-electron chi connectivity index (χ1n) is 8.31. The lowest BCUT2D eigenvalue weighted by molar-refractivity contribution is 0.0951. The fourth-order valence-electron chi connectivity index (χ4n) is 2.60. The molecule has 8 heteroatoms. The minimum Gasteiger partial charge on any atom is -0.497 e. The molecule has 2 aromatic carbocycles. The monoisotopic (exact) mass is 370 g/mol. The van der Waals surface area contributed by atoms with Crippen molar-refractivity contribution in [1.82, 2.24) is 19.7 Å². The van der Waals surface area contributed by atoms with Gasteiger partial charge in [-0.05, 0) is 48.5 Å². The van der Waals surface area contributed by atoms with E-state index in [0.717, 1.165) is 5.56 Å². The highest BCUT2D eigenvalue weighted by Crippen LogP contribution is 2.19. The molecule has 1 aromatic heterocycles. The van der Waals surface area contributed by atoms with Gasteiger partial charge in [-0.25, -0.2) is 13.9 Å². The summed E-state index contributed by atoms with van der Waals surface area (Å²) >= 11 is 0. The van der Waals surface area contributed by atoms with E-state index >= 15 is 0 Å². The number of nitrogens with zero attached hydrogens (tertiary/aromatic N) is 3. The molecule has 0 radical (unpaired) electrons. The summed E-state index contributed by atoms with van der Waals surface area (Å²) in [7, 11) is 3.22. The second-order valence-corrected chi connectivity index (χ2v) is 5.88. The average Bonchev–Trinajstić information content (AvgIpc) is 2.97. The topological polar surface area (TPSA) is 78.2 Å². The van der Waals surface area contributed by atoms with Crippen LogP contribution < -0.4 is 15.7 Å². The van der Waals surface area contributed by atoms with Crippen molar-refractivity contribution in [3.8, 4) is 17.1 Å². The Labute approximate surface area is 155 Å². The highest BCUT2D eigenvalue weighted by molar-refractivity contribution is 5.94. The number of hydrogen-bond donors (Lipinski definition) is 1. The zero-order valence-electron chi connectivity index (χ0n) is 15.0. The molecule has 0 aliphatic rings. The predicted octanol–water partition coefficient (Wildman–Crippen LogP) is 1.83. The maximum absolute atomic E-state index is 12.9. The zero-order valence-corrected chi connectivity index (χ0v) is 15.0. The van der Waals surface area contributed by atoms with Crippen molar-refractivity contribution in [2.24, 2.45) is 7.05 Å². The van der Waals surface area contributed by atoms with E-state index in [-0.39, 0.29) is 24.7 Å². The number of carbonyl (C=O) groups excluding carboxylic acids is 1. The molecule has 0 aliphatic carbocycles. The summed E-state index contributed by atoms with van der Waals surface area (Å²) in [5.41, 5.74) is 0.852. The normalized spacial score (nSPS) is 10.6. The fourth-order valence-corrected chi connectivity index (χ4v) is 2.60. The van der Waals surface area contributed by atoms with Crippen molar-refractivity contribution in [3.05, 3.63) is 70.4 Å². The first-order valence-corrected chi connectivity index (χ1v) is 8.31. The maximum Gasteiger partial charge on any atom is 0.345 e. The number of aromatic nitrogens is 3. The number of amides is 1. The van der Waals surface area contributed by atoms with Gasteiger partial charge in [-0.15, -0.1) is 5.10 Å². The summed E-state index contributed by atoms with van der Waals surface area (Å²) in [6.45, 7) is 0.435. The third-order valence-electron chi connectivity index (χ3n) is 4.10. The van der Waals surface area contributed by atoms with E-state index in [1.807, 2.05) is 12.1 Å². The molecule has 1 N–H and O–H groups in total. The number of methoxy groups -OCH3 is 1. The van der Waals surface area contributed by atoms with Gasteiger partial charge in [0, 0.05) is 24.7 Å². The van der Waals surface area contributed by atoms with Gasteiger partial charge < -0.3 is 10.1 Å². The first kappa shape index (κ1) is 18.4. The number of ether oxygens (including phenoxy) is 1. The van der Waals surface area contributed by atoms with Gasteiger partial charge in [-0.2, -0.15) is 0 Å². The molecule has 0 saturated carbocycles. The highest BCUT2D eigenvalue weighted by atomic mass is 19.1. The van der Waals surface area contributed by atoms with Gasteiger partial charge in [-0.3, -0.25) is 9.36 Å². The lowest BCUT2D eigenvalue weighted by Gasteiger charge is -2.04. The third kappa shape index (κ3) is 4.05. The largest absolute Gasteiger partial charge is 0.497 e. The number of nitrogens with one attached hydrogen (secondary N) is 1. The lowest BCUT2D eigenvalue weighted by atomic mass is 10.2. The van der Waals surface area contributed by atoms with Crippen LogP contribution in [0, 0.1) is 5.82 Å². The standard InChI is InChI=1S/C19H19FN4O3/c1-23-17(13-5-9-16(27-2)10-6-13)22-24(19(23)26)12-11-21-18(25)14-3-7-15(20)8-4-14/h3-10H,11-12H2,1-2H3,(H,21,25). The molecule has 0 aliphatic heterocycles. The zero-order chi connectivity index (χ0) is 19.4. The van der Waals surface area contributed by atoms with Crippen LogP contribution in [0.15, 0.2) is 53.3 Å². The Morgan fingerprint density at radius 2 is 1.81 bits per heavy atom. The van der Waals surface area contributed by atoms with E-state index in [2.05, 4.69) is 10.4 Å². The van der Waals surface area contributed by atoms with Crippen molar-refractivity contribution in [1.29, 1.82) is 0 Å². The molecule has 1 amide bonds. The molecule has 0 saturated heterocycles. The Morgan fingerprint density at radius 1 is 1.15 bits per heavy atom. The van der Waals surface area contributed by atoms with Gasteiger partial charge >= 0.3 is 5.69 Å². The average molecular weight is 370 g/mol. The van der Waals surface area contributed by atoms with Crippen molar-refractivity contribution in [2.75, 3.05) is 13.7 Å². The minimum absolute atomic E-state index is 0.217. The summed E-state index contributed by atoms with van der Waals surface area (Å²) < 4.78 is 20.8. The molecule has 140 valence electrons. The van der Waals surface area contributed by atoms with Crippen molar-refractivity contribution in [3.63, 3.8) is 0 Å². The third-order valence-corrected chi connectivity index (χ3v) is 4.10. The van der Waals surface area contributed by atoms with Gasteiger partial charge in [0.25, 0.3) is 5.91 Å². The van der Waals surface area contributed by atoms with Crippen molar-refractivity contribution < 1.29 is 13.9 Å². The Morgan fingerprint density at radius 3 is 2.44 bits per heavy atom. The highest BCUT2D eigenvalue weighted by Gasteiger charge is 2.13. The van der Waals surface area contributed by atoms with E-state index in [1.54, 1.807) is 26.3 Å². The van der Waals surface area contributed by atoms with Gasteiger partial charge in [-0.1, -0.05) is 0 Å². The van der Waals surface area contributed by atoms with Crippen molar-refractivity contribution in [2.45, 2.75) is 6.54 Å². The second kappa shape index (κ2) is 7.86. The number of rotatable bonds is 6. The lowest BCUT2D eigenvalue weighted by Crippen LogP contribution is -2.31. The molecule has 3 rings (SSSR count). The molecule has 0 bridgehead atoms. The molecule has 0 unspecified atom stereocenters. The SMILES string of the molecule is COc1ccc(-c2nn(CCNC(=O)c3ccc(F)cc3)c(=O)n2C)cc1. The number of hydrogen-bond acceptors (Lipinski definition) is 4. The number of carbonyl (C=O) groups is 1. The quantitative estimate of drug-likeness (QED) is 0.718. The van der Waals surface area contributed by atoms with Crippen LogP contribution in [0.3, 0.4) is 0 Å². The van der Waals surface area contributed by atoms with E-state index in [4.69, 9.17) is 4.74 Å². The molecular formula is C19H19FN4O3. The summed E-state index contributed by atoms with van der Waals surface area (Å²) in [5, 5.41) is 7.03. The predicted molar refractivity (Wildman–Crippen MR) is 98.2 cm³/mol. The van der Waals surface area contributed by atoms with Gasteiger partial charge in [0.15, 0.2) is 5.82 Å². The Hall–Kier alpha value is -3.42. The van der Waals surface area contributed by atoms with Crippen LogP contribution in [0.5, 0.6) is 5.75 Å². The van der Waals surface area contributed by atoms with Gasteiger partial charge in [0.2, 0.25) is 0 Å².